The van der Waals surface area contributed by atoms with Gasteiger partial charge in [0.25, 0.3) is 5.56 Å². The Morgan fingerprint density at radius 3 is 2.38 bits per heavy atom. The highest BCUT2D eigenvalue weighted by Crippen LogP contribution is 2.22. The van der Waals surface area contributed by atoms with E-state index in [2.05, 4.69) is 4.99 Å². The van der Waals surface area contributed by atoms with E-state index < -0.39 is 5.56 Å². The Hall–Kier alpha value is -1.85. The van der Waals surface area contributed by atoms with Gasteiger partial charge in [-0.1, -0.05) is 29.3 Å². The molecule has 0 fully saturated rings. The van der Waals surface area contributed by atoms with Crippen molar-refractivity contribution in [2.75, 3.05) is 0 Å². The molecule has 0 saturated carbocycles. The highest BCUT2D eigenvalue weighted by atomic mass is 35.5. The van der Waals surface area contributed by atoms with E-state index in [0.717, 1.165) is 4.57 Å². The average molecular weight is 326 g/mol. The largest absolute Gasteiger partial charge is 0.330 e. The smallest absolute Gasteiger partial charge is 0.299 e. The maximum atomic E-state index is 12.1. The number of halogens is 2. The number of hydrogen-bond donors (Lipinski definition) is 0. The second kappa shape index (κ2) is 5.87. The first-order chi connectivity index (χ1) is 9.82. The molecule has 2 rings (SSSR count). The quantitative estimate of drug-likeness (QED) is 0.796. The monoisotopic (exact) mass is 325 g/mol. The van der Waals surface area contributed by atoms with Crippen molar-refractivity contribution in [1.82, 2.24) is 9.13 Å². The van der Waals surface area contributed by atoms with Gasteiger partial charge >= 0.3 is 5.69 Å². The topological polar surface area (TPSA) is 56.4 Å². The van der Waals surface area contributed by atoms with Crippen molar-refractivity contribution >= 4 is 35.1 Å². The molecule has 0 saturated heterocycles. The lowest BCUT2D eigenvalue weighted by molar-refractivity contribution is 0.669. The van der Waals surface area contributed by atoms with Gasteiger partial charge in [-0.05, 0) is 24.6 Å². The summed E-state index contributed by atoms with van der Waals surface area (Å²) in [7, 11) is 3.01. The van der Waals surface area contributed by atoms with Crippen LogP contribution in [0.1, 0.15) is 11.3 Å². The molecule has 0 aliphatic carbocycles. The summed E-state index contributed by atoms with van der Waals surface area (Å²) in [4.78, 5) is 28.0. The van der Waals surface area contributed by atoms with Gasteiger partial charge in [0.05, 0.1) is 15.7 Å². The number of rotatable bonds is 2. The van der Waals surface area contributed by atoms with Crippen LogP contribution in [0.15, 0.2) is 32.8 Å². The van der Waals surface area contributed by atoms with E-state index in [1.807, 2.05) is 0 Å². The second-order valence-electron chi connectivity index (χ2n) is 4.57. The molecular formula is C14H13Cl2N3O2. The van der Waals surface area contributed by atoms with Crippen LogP contribution in [0, 0.1) is 6.92 Å². The third-order valence-electron chi connectivity index (χ3n) is 3.21. The molecule has 110 valence electrons. The summed E-state index contributed by atoms with van der Waals surface area (Å²) in [6, 6.07) is 5.03. The first kappa shape index (κ1) is 15.5. The molecule has 0 amide bonds. The molecule has 1 heterocycles. The molecule has 0 unspecified atom stereocenters. The SMILES string of the molecule is Cc1c(N=Cc2ccc(Cl)c(Cl)c2)c(=O)n(C)c(=O)n1C. The van der Waals surface area contributed by atoms with Gasteiger partial charge in [0, 0.05) is 20.3 Å². The third-order valence-corrected chi connectivity index (χ3v) is 3.95. The maximum absolute atomic E-state index is 12.1. The number of benzene rings is 1. The fourth-order valence-electron chi connectivity index (χ4n) is 1.81. The number of nitrogens with zero attached hydrogens (tertiary/aromatic N) is 3. The van der Waals surface area contributed by atoms with Crippen molar-refractivity contribution in [3.05, 3.63) is 60.3 Å². The first-order valence-corrected chi connectivity index (χ1v) is 6.84. The van der Waals surface area contributed by atoms with E-state index >= 15 is 0 Å². The van der Waals surface area contributed by atoms with E-state index in [1.54, 1.807) is 32.2 Å². The Kier molecular flexibility index (Phi) is 4.34. The van der Waals surface area contributed by atoms with E-state index in [4.69, 9.17) is 23.2 Å². The Morgan fingerprint density at radius 2 is 1.76 bits per heavy atom. The minimum Gasteiger partial charge on any atom is -0.299 e. The molecule has 7 heteroatoms. The fraction of sp³-hybridized carbons (Fsp3) is 0.214. The normalized spacial score (nSPS) is 11.3. The summed E-state index contributed by atoms with van der Waals surface area (Å²) in [5.41, 5.74) is 0.600. The molecular weight excluding hydrogens is 313 g/mol. The van der Waals surface area contributed by atoms with Crippen LogP contribution in [0.5, 0.6) is 0 Å². The van der Waals surface area contributed by atoms with Gasteiger partial charge in [0.15, 0.2) is 0 Å². The van der Waals surface area contributed by atoms with Crippen LogP contribution in [0.3, 0.4) is 0 Å². The Bertz CT molecular complexity index is 851. The van der Waals surface area contributed by atoms with Gasteiger partial charge in [-0.2, -0.15) is 0 Å². The van der Waals surface area contributed by atoms with Gasteiger partial charge < -0.3 is 0 Å². The zero-order valence-electron chi connectivity index (χ0n) is 11.7. The van der Waals surface area contributed by atoms with Gasteiger partial charge in [-0.3, -0.25) is 13.9 Å². The molecule has 21 heavy (non-hydrogen) atoms. The molecule has 0 spiro atoms. The lowest BCUT2D eigenvalue weighted by Crippen LogP contribution is -2.37. The van der Waals surface area contributed by atoms with Gasteiger partial charge in [-0.25, -0.2) is 9.79 Å². The molecule has 2 aromatic rings. The van der Waals surface area contributed by atoms with Crippen molar-refractivity contribution in [2.45, 2.75) is 6.92 Å². The molecule has 0 aliphatic rings. The van der Waals surface area contributed by atoms with Crippen LogP contribution < -0.4 is 11.2 Å². The van der Waals surface area contributed by atoms with Crippen molar-refractivity contribution in [1.29, 1.82) is 0 Å². The Labute approximate surface area is 131 Å². The zero-order valence-corrected chi connectivity index (χ0v) is 13.2. The fourth-order valence-corrected chi connectivity index (χ4v) is 2.11. The zero-order chi connectivity index (χ0) is 15.7. The first-order valence-electron chi connectivity index (χ1n) is 6.08. The summed E-state index contributed by atoms with van der Waals surface area (Å²) >= 11 is 11.8. The van der Waals surface area contributed by atoms with E-state index in [-0.39, 0.29) is 11.4 Å². The van der Waals surface area contributed by atoms with Crippen LogP contribution in [0.25, 0.3) is 0 Å². The number of aliphatic imine (C=N–C) groups is 1. The molecule has 0 radical (unpaired) electrons. The van der Waals surface area contributed by atoms with Crippen LogP contribution >= 0.6 is 23.2 Å². The molecule has 1 aromatic heterocycles. The Balaban J connectivity index is 2.54. The summed E-state index contributed by atoms with van der Waals surface area (Å²) in [5.74, 6) is 0. The summed E-state index contributed by atoms with van der Waals surface area (Å²) < 4.78 is 2.40. The molecule has 0 N–H and O–H groups in total. The molecule has 0 atom stereocenters. The lowest BCUT2D eigenvalue weighted by Gasteiger charge is -2.08. The third kappa shape index (κ3) is 2.94. The van der Waals surface area contributed by atoms with Crippen LogP contribution in [-0.4, -0.2) is 15.3 Å². The van der Waals surface area contributed by atoms with Crippen LogP contribution in [0.4, 0.5) is 5.69 Å². The van der Waals surface area contributed by atoms with Crippen LogP contribution in [-0.2, 0) is 14.1 Å². The van der Waals surface area contributed by atoms with E-state index in [9.17, 15) is 9.59 Å². The minimum absolute atomic E-state index is 0.214. The minimum atomic E-state index is -0.438. The van der Waals surface area contributed by atoms with Crippen molar-refractivity contribution < 1.29 is 0 Å². The molecule has 0 aliphatic heterocycles. The van der Waals surface area contributed by atoms with Crippen LogP contribution in [0.2, 0.25) is 10.0 Å². The van der Waals surface area contributed by atoms with Gasteiger partial charge in [0.1, 0.15) is 5.69 Å². The van der Waals surface area contributed by atoms with E-state index in [1.165, 1.54) is 17.8 Å². The summed E-state index contributed by atoms with van der Waals surface area (Å²) in [5, 5.41) is 0.855. The lowest BCUT2D eigenvalue weighted by atomic mass is 10.2. The second-order valence-corrected chi connectivity index (χ2v) is 5.39. The predicted molar refractivity (Wildman–Crippen MR) is 85.4 cm³/mol. The van der Waals surface area contributed by atoms with Crippen molar-refractivity contribution in [3.8, 4) is 0 Å². The maximum Gasteiger partial charge on any atom is 0.330 e. The standard InChI is InChI=1S/C14H13Cl2N3O2/c1-8-12(13(20)19(3)14(21)18(8)2)17-7-9-4-5-10(15)11(16)6-9/h4-7H,1-3H3. The molecule has 1 aromatic carbocycles. The number of hydrogen-bond acceptors (Lipinski definition) is 3. The molecule has 0 bridgehead atoms. The summed E-state index contributed by atoms with van der Waals surface area (Å²) in [6.45, 7) is 1.67. The molecule has 5 nitrogen and oxygen atoms in total. The summed E-state index contributed by atoms with van der Waals surface area (Å²) in [6.07, 6.45) is 1.51. The average Bonchev–Trinajstić information content (AvgIpc) is 2.46. The van der Waals surface area contributed by atoms with Gasteiger partial charge in [0.2, 0.25) is 0 Å². The van der Waals surface area contributed by atoms with E-state index in [0.29, 0.717) is 21.3 Å². The predicted octanol–water partition coefficient (Wildman–Crippen LogP) is 2.45. The van der Waals surface area contributed by atoms with Crippen molar-refractivity contribution in [3.63, 3.8) is 0 Å². The highest BCUT2D eigenvalue weighted by molar-refractivity contribution is 6.42. The Morgan fingerprint density at radius 1 is 1.10 bits per heavy atom. The van der Waals surface area contributed by atoms with Crippen molar-refractivity contribution in [2.24, 2.45) is 19.1 Å². The highest BCUT2D eigenvalue weighted by Gasteiger charge is 2.10. The van der Waals surface area contributed by atoms with Gasteiger partial charge in [-0.15, -0.1) is 0 Å². The number of aromatic nitrogens is 2.